The van der Waals surface area contributed by atoms with Gasteiger partial charge in [0.2, 0.25) is 5.95 Å². The van der Waals surface area contributed by atoms with Gasteiger partial charge in [-0.15, -0.1) is 13.2 Å². The van der Waals surface area contributed by atoms with Gasteiger partial charge in [-0.3, -0.25) is 4.79 Å². The molecule has 1 aromatic carbocycles. The number of ether oxygens (including phenoxy) is 1. The lowest BCUT2D eigenvalue weighted by Crippen LogP contribution is -2.44. The van der Waals surface area contributed by atoms with Crippen molar-refractivity contribution in [1.82, 2.24) is 14.9 Å². The third-order valence-corrected chi connectivity index (χ3v) is 6.46. The zero-order chi connectivity index (χ0) is 25.6. The average molecular weight is 502 g/mol. The number of primary amides is 1. The number of alkyl halides is 3. The number of fused-ring (bicyclic) bond motifs is 3. The van der Waals surface area contributed by atoms with Gasteiger partial charge in [0.05, 0.1) is 11.3 Å². The van der Waals surface area contributed by atoms with Gasteiger partial charge in [0.1, 0.15) is 11.5 Å². The molecule has 0 spiro atoms. The molecule has 5 rings (SSSR count). The molecule has 2 aliphatic rings. The van der Waals surface area contributed by atoms with E-state index in [4.69, 9.17) is 10.2 Å². The number of hydrogen-bond donors (Lipinski definition) is 2. The minimum Gasteiger partial charge on any atom is -0.459 e. The minimum absolute atomic E-state index is 0.0684. The lowest BCUT2D eigenvalue weighted by molar-refractivity contribution is -0.274. The summed E-state index contributed by atoms with van der Waals surface area (Å²) in [7, 11) is 2.02. The fourth-order valence-corrected chi connectivity index (χ4v) is 4.66. The number of piperazine rings is 1. The Labute approximate surface area is 205 Å². The molecule has 0 unspecified atom stereocenters. The van der Waals surface area contributed by atoms with E-state index in [1.54, 1.807) is 25.3 Å². The van der Waals surface area contributed by atoms with Crippen LogP contribution in [0.1, 0.15) is 27.2 Å². The van der Waals surface area contributed by atoms with E-state index in [1.807, 2.05) is 7.05 Å². The number of nitrogens with one attached hydrogen (secondary N) is 1. The summed E-state index contributed by atoms with van der Waals surface area (Å²) in [6.07, 6.45) is -2.15. The van der Waals surface area contributed by atoms with Crippen molar-refractivity contribution >= 4 is 23.2 Å². The van der Waals surface area contributed by atoms with E-state index in [2.05, 4.69) is 29.8 Å². The van der Waals surface area contributed by atoms with Crippen LogP contribution in [0.25, 0.3) is 11.5 Å². The first-order chi connectivity index (χ1) is 17.1. The van der Waals surface area contributed by atoms with E-state index >= 15 is 0 Å². The second-order valence-corrected chi connectivity index (χ2v) is 8.92. The highest BCUT2D eigenvalue weighted by atomic mass is 19.4. The number of amides is 1. The molecule has 3 N–H and O–H groups in total. The zero-order valence-electron chi connectivity index (χ0n) is 19.8. The third-order valence-electron chi connectivity index (χ3n) is 6.46. The van der Waals surface area contributed by atoms with E-state index in [0.717, 1.165) is 37.4 Å². The Morgan fingerprint density at radius 1 is 1.19 bits per heavy atom. The van der Waals surface area contributed by atoms with E-state index in [0.29, 0.717) is 41.2 Å². The summed E-state index contributed by atoms with van der Waals surface area (Å²) in [4.78, 5) is 25.0. The molecule has 36 heavy (non-hydrogen) atoms. The average Bonchev–Trinajstić information content (AvgIpc) is 3.16. The Kier molecular flexibility index (Phi) is 5.99. The zero-order valence-corrected chi connectivity index (χ0v) is 19.8. The van der Waals surface area contributed by atoms with Gasteiger partial charge in [-0.05, 0) is 45.0 Å². The maximum Gasteiger partial charge on any atom is 0.573 e. The summed E-state index contributed by atoms with van der Waals surface area (Å²) in [5, 5.41) is 2.89. The van der Waals surface area contributed by atoms with Gasteiger partial charge < -0.3 is 30.0 Å². The van der Waals surface area contributed by atoms with Gasteiger partial charge >= 0.3 is 6.36 Å². The lowest BCUT2D eigenvalue weighted by atomic mass is 9.92. The summed E-state index contributed by atoms with van der Waals surface area (Å²) < 4.78 is 49.4. The molecular weight excluding hydrogens is 477 g/mol. The number of nitrogens with zero attached hydrogens (tertiary/aromatic N) is 4. The number of benzene rings is 1. The molecule has 9 nitrogen and oxygen atoms in total. The highest BCUT2D eigenvalue weighted by Gasteiger charge is 2.33. The lowest BCUT2D eigenvalue weighted by Gasteiger charge is -2.34. The number of likely N-dealkylation sites (N-methyl/N-ethyl adjacent to an activating group) is 1. The molecule has 2 aromatic heterocycles. The highest BCUT2D eigenvalue weighted by molar-refractivity contribution is 5.97. The molecule has 0 bridgehead atoms. The summed E-state index contributed by atoms with van der Waals surface area (Å²) >= 11 is 0. The van der Waals surface area contributed by atoms with Gasteiger partial charge in [0, 0.05) is 49.2 Å². The maximum atomic E-state index is 13.1. The number of hydrogen-bond acceptors (Lipinski definition) is 8. The second kappa shape index (κ2) is 9.01. The Hall–Kier alpha value is -3.80. The molecule has 0 atom stereocenters. The van der Waals surface area contributed by atoms with Crippen molar-refractivity contribution in [1.29, 1.82) is 0 Å². The normalized spacial score (nSPS) is 15.9. The molecule has 0 saturated carbocycles. The number of carbonyl (C=O) groups is 1. The van der Waals surface area contributed by atoms with E-state index in [1.165, 1.54) is 6.07 Å². The smallest absolute Gasteiger partial charge is 0.459 e. The second-order valence-electron chi connectivity index (χ2n) is 8.92. The van der Waals surface area contributed by atoms with Crippen LogP contribution in [0.5, 0.6) is 5.75 Å². The molecule has 190 valence electrons. The van der Waals surface area contributed by atoms with E-state index < -0.39 is 18.0 Å². The number of rotatable bonds is 5. The first kappa shape index (κ1) is 23.9. The Morgan fingerprint density at radius 2 is 1.94 bits per heavy atom. The molecule has 12 heteroatoms. The van der Waals surface area contributed by atoms with Crippen LogP contribution in [0.4, 0.5) is 30.5 Å². The molecule has 0 radical (unpaired) electrons. The Bertz CT molecular complexity index is 1320. The molecular formula is C24H25F3N6O3. The van der Waals surface area contributed by atoms with Crippen molar-refractivity contribution in [3.63, 3.8) is 0 Å². The van der Waals surface area contributed by atoms with Crippen LogP contribution >= 0.6 is 0 Å². The maximum absolute atomic E-state index is 13.1. The van der Waals surface area contributed by atoms with Crippen molar-refractivity contribution in [2.24, 2.45) is 5.73 Å². The largest absolute Gasteiger partial charge is 0.573 e. The first-order valence-corrected chi connectivity index (χ1v) is 11.5. The number of anilines is 3. The summed E-state index contributed by atoms with van der Waals surface area (Å²) in [6, 6.07) is 4.49. The molecule has 1 aliphatic carbocycles. The highest BCUT2D eigenvalue weighted by Crippen LogP contribution is 2.39. The van der Waals surface area contributed by atoms with Crippen molar-refractivity contribution in [3.05, 3.63) is 46.8 Å². The third kappa shape index (κ3) is 4.68. The predicted molar refractivity (Wildman–Crippen MR) is 127 cm³/mol. The van der Waals surface area contributed by atoms with Gasteiger partial charge in [0.25, 0.3) is 5.91 Å². The number of halogens is 3. The molecule has 1 aliphatic heterocycles. The van der Waals surface area contributed by atoms with Gasteiger partial charge in [-0.25, -0.2) is 9.97 Å². The van der Waals surface area contributed by atoms with Crippen molar-refractivity contribution in [2.45, 2.75) is 26.1 Å². The fraction of sp³-hybridized carbons (Fsp3) is 0.375. The molecule has 1 saturated heterocycles. The minimum atomic E-state index is -4.87. The van der Waals surface area contributed by atoms with Crippen LogP contribution in [-0.2, 0) is 12.8 Å². The van der Waals surface area contributed by atoms with Crippen molar-refractivity contribution in [2.75, 3.05) is 43.4 Å². The monoisotopic (exact) mass is 502 g/mol. The fourth-order valence-electron chi connectivity index (χ4n) is 4.66. The number of aryl methyl sites for hydroxylation is 2. The topological polar surface area (TPSA) is 110 Å². The van der Waals surface area contributed by atoms with Crippen LogP contribution in [0.2, 0.25) is 0 Å². The van der Waals surface area contributed by atoms with Crippen molar-refractivity contribution < 1.29 is 27.1 Å². The first-order valence-electron chi connectivity index (χ1n) is 11.5. The van der Waals surface area contributed by atoms with Gasteiger partial charge in [-0.1, -0.05) is 0 Å². The number of nitrogens with two attached hydrogens (primary N) is 1. The van der Waals surface area contributed by atoms with Crippen molar-refractivity contribution in [3.8, 4) is 17.2 Å². The van der Waals surface area contributed by atoms with Crippen LogP contribution in [-0.4, -0.2) is 60.4 Å². The van der Waals surface area contributed by atoms with E-state index in [9.17, 15) is 18.0 Å². The van der Waals surface area contributed by atoms with Crippen LogP contribution < -0.4 is 20.7 Å². The van der Waals surface area contributed by atoms with Crippen LogP contribution in [0, 0.1) is 6.92 Å². The molecule has 3 heterocycles. The van der Waals surface area contributed by atoms with Crippen LogP contribution in [0.15, 0.2) is 28.8 Å². The standard InChI is InChI=1S/C24H25F3N6O3/c1-13-19(22(28)34)16-5-3-14-12-29-23(31-20(14)21(16)35-13)30-17-11-15(33-9-7-32(2)8-10-33)4-6-18(17)36-24(25,26)27/h4,6,11-12H,3,5,7-10H2,1-2H3,(H2,28,34)(H,29,30,31). The molecule has 1 fully saturated rings. The quantitative estimate of drug-likeness (QED) is 0.544. The number of aromatic nitrogens is 2. The summed E-state index contributed by atoms with van der Waals surface area (Å²) in [6.45, 7) is 4.83. The van der Waals surface area contributed by atoms with Crippen LogP contribution in [0.3, 0.4) is 0 Å². The number of carbonyl (C=O) groups excluding carboxylic acids is 1. The molecule has 3 aromatic rings. The van der Waals surface area contributed by atoms with E-state index in [-0.39, 0.29) is 11.6 Å². The van der Waals surface area contributed by atoms with Gasteiger partial charge in [0.15, 0.2) is 11.5 Å². The molecule has 1 amide bonds. The summed E-state index contributed by atoms with van der Waals surface area (Å²) in [5.74, 6) is -0.0887. The SMILES string of the molecule is Cc1oc2c(c1C(N)=O)CCc1cnc(Nc3cc(N4CCN(C)CC4)ccc3OC(F)(F)F)nc1-2. The number of furan rings is 1. The summed E-state index contributed by atoms with van der Waals surface area (Å²) in [5.41, 5.74) is 8.65. The predicted octanol–water partition coefficient (Wildman–Crippen LogP) is 3.64. The van der Waals surface area contributed by atoms with Gasteiger partial charge in [-0.2, -0.15) is 0 Å². The Morgan fingerprint density at radius 3 is 2.64 bits per heavy atom. The Balaban J connectivity index is 1.50.